The van der Waals surface area contributed by atoms with E-state index in [-0.39, 0.29) is 6.29 Å². The summed E-state index contributed by atoms with van der Waals surface area (Å²) in [5, 5.41) is 8.36. The molecule has 1 aliphatic rings. The molecule has 0 aromatic rings. The van der Waals surface area contributed by atoms with Crippen LogP contribution >= 0.6 is 0 Å². The quantitative estimate of drug-likeness (QED) is 0.553. The van der Waals surface area contributed by atoms with E-state index in [2.05, 4.69) is 0 Å². The summed E-state index contributed by atoms with van der Waals surface area (Å²) in [5.41, 5.74) is 0. The van der Waals surface area contributed by atoms with Gasteiger partial charge in [0.05, 0.1) is 0 Å². The summed E-state index contributed by atoms with van der Waals surface area (Å²) in [7, 11) is 0. The molecule has 4 nitrogen and oxygen atoms in total. The molecular weight excluding hydrogens is 124 g/mol. The van der Waals surface area contributed by atoms with Gasteiger partial charge in [0.25, 0.3) is 5.79 Å². The molecule has 0 amide bonds. The minimum atomic E-state index is -1.39. The molecule has 9 heavy (non-hydrogen) atoms. The van der Waals surface area contributed by atoms with Crippen LogP contribution in [0.2, 0.25) is 0 Å². The molecule has 0 radical (unpaired) electrons. The van der Waals surface area contributed by atoms with Gasteiger partial charge in [0, 0.05) is 6.92 Å². The number of hydrogen-bond acceptors (Lipinski definition) is 3. The van der Waals surface area contributed by atoms with Crippen molar-refractivity contribution in [2.45, 2.75) is 25.9 Å². The van der Waals surface area contributed by atoms with Gasteiger partial charge in [-0.05, 0) is 6.92 Å². The Labute approximate surface area is 52.4 Å². The van der Waals surface area contributed by atoms with Crippen molar-refractivity contribution in [3.8, 4) is 0 Å². The normalized spacial score (nSPS) is 41.8. The average Bonchev–Trinajstić information content (AvgIpc) is 1.62. The molecule has 4 heteroatoms. The van der Waals surface area contributed by atoms with Gasteiger partial charge in [-0.3, -0.25) is 0 Å². The minimum Gasteiger partial charge on any atom is -0.477 e. The fraction of sp³-hybridized carbons (Fsp3) is 0.800. The van der Waals surface area contributed by atoms with Gasteiger partial charge in [0.1, 0.15) is 0 Å². The van der Waals surface area contributed by atoms with Gasteiger partial charge in [-0.15, -0.1) is 0 Å². The molecule has 0 bridgehead atoms. The zero-order valence-corrected chi connectivity index (χ0v) is 5.25. The molecule has 1 saturated heterocycles. The van der Waals surface area contributed by atoms with E-state index < -0.39 is 11.8 Å². The Bertz CT molecular complexity index is 136. The smallest absolute Gasteiger partial charge is 0.364 e. The fourth-order valence-corrected chi connectivity index (χ4v) is 0.743. The maximum atomic E-state index is 10.2. The third-order valence-electron chi connectivity index (χ3n) is 1.17. The zero-order chi connectivity index (χ0) is 7.07. The summed E-state index contributed by atoms with van der Waals surface area (Å²) < 4.78 is 9.53. The van der Waals surface area contributed by atoms with Crippen LogP contribution < -0.4 is 0 Å². The highest BCUT2D eigenvalue weighted by Crippen LogP contribution is 2.27. The molecule has 0 saturated carbocycles. The second-order valence-electron chi connectivity index (χ2n) is 2.05. The third-order valence-corrected chi connectivity index (χ3v) is 1.17. The topological polar surface area (TPSA) is 55.8 Å². The van der Waals surface area contributed by atoms with Gasteiger partial charge in [-0.2, -0.15) is 0 Å². The van der Waals surface area contributed by atoms with Gasteiger partial charge in [0.15, 0.2) is 6.29 Å². The summed E-state index contributed by atoms with van der Waals surface area (Å²) in [6, 6.07) is 0. The lowest BCUT2D eigenvalue weighted by molar-refractivity contribution is -0.420. The van der Waals surface area contributed by atoms with Crippen LogP contribution in [0.25, 0.3) is 0 Å². The van der Waals surface area contributed by atoms with Crippen LogP contribution in [0.5, 0.6) is 0 Å². The molecule has 1 N–H and O–H groups in total. The second-order valence-corrected chi connectivity index (χ2v) is 2.05. The molecule has 1 rings (SSSR count). The van der Waals surface area contributed by atoms with Crippen LogP contribution in [0.1, 0.15) is 13.8 Å². The Morgan fingerprint density at radius 3 is 2.22 bits per heavy atom. The van der Waals surface area contributed by atoms with E-state index in [1.807, 2.05) is 0 Å². The molecule has 0 unspecified atom stereocenters. The molecule has 0 aromatic carbocycles. The van der Waals surface area contributed by atoms with Crippen molar-refractivity contribution in [2.75, 3.05) is 0 Å². The van der Waals surface area contributed by atoms with Gasteiger partial charge >= 0.3 is 5.97 Å². The van der Waals surface area contributed by atoms with E-state index in [0.29, 0.717) is 0 Å². The predicted octanol–water partition coefficient (Wildman–Crippen LogP) is 0.180. The fourth-order valence-electron chi connectivity index (χ4n) is 0.743. The number of ether oxygens (including phenoxy) is 2. The van der Waals surface area contributed by atoms with Gasteiger partial charge < -0.3 is 14.6 Å². The van der Waals surface area contributed by atoms with Crippen LogP contribution in [-0.2, 0) is 14.3 Å². The lowest BCUT2D eigenvalue weighted by Crippen LogP contribution is -2.55. The molecule has 1 aliphatic heterocycles. The van der Waals surface area contributed by atoms with Crippen molar-refractivity contribution in [2.24, 2.45) is 0 Å². The Kier molecular flexibility index (Phi) is 1.22. The first kappa shape index (κ1) is 6.51. The first-order valence-corrected chi connectivity index (χ1v) is 2.63. The van der Waals surface area contributed by atoms with E-state index in [4.69, 9.17) is 14.6 Å². The van der Waals surface area contributed by atoms with E-state index in [0.717, 1.165) is 0 Å². The van der Waals surface area contributed by atoms with E-state index >= 15 is 0 Å². The summed E-state index contributed by atoms with van der Waals surface area (Å²) in [5.74, 6) is -2.47. The largest absolute Gasteiger partial charge is 0.477 e. The molecule has 1 fully saturated rings. The maximum Gasteiger partial charge on any atom is 0.364 e. The standard InChI is InChI=1S/C5H8O4/c1-3-8-5(2,9-3)4(6)7/h3H,1-2H3,(H,6,7). The molecule has 0 spiro atoms. The number of carboxylic acid groups (broad SMARTS) is 1. The average molecular weight is 132 g/mol. The minimum absolute atomic E-state index is 0.383. The van der Waals surface area contributed by atoms with Crippen molar-refractivity contribution in [1.29, 1.82) is 0 Å². The number of aliphatic carboxylic acids is 1. The number of carbonyl (C=O) groups is 1. The summed E-state index contributed by atoms with van der Waals surface area (Å²) in [4.78, 5) is 10.2. The summed E-state index contributed by atoms with van der Waals surface area (Å²) >= 11 is 0. The molecule has 0 aliphatic carbocycles. The zero-order valence-electron chi connectivity index (χ0n) is 5.25. The Morgan fingerprint density at radius 2 is 2.11 bits per heavy atom. The monoisotopic (exact) mass is 132 g/mol. The van der Waals surface area contributed by atoms with Crippen molar-refractivity contribution in [3.63, 3.8) is 0 Å². The third kappa shape index (κ3) is 0.906. The number of rotatable bonds is 1. The molecule has 52 valence electrons. The summed E-state index contributed by atoms with van der Waals surface area (Å²) in [6.07, 6.45) is -0.383. The van der Waals surface area contributed by atoms with Crippen molar-refractivity contribution in [3.05, 3.63) is 0 Å². The first-order valence-electron chi connectivity index (χ1n) is 2.63. The van der Waals surface area contributed by atoms with Crippen LogP contribution in [0, 0.1) is 0 Å². The van der Waals surface area contributed by atoms with Crippen molar-refractivity contribution >= 4 is 5.97 Å². The van der Waals surface area contributed by atoms with Crippen LogP contribution in [-0.4, -0.2) is 23.2 Å². The molecule has 0 atom stereocenters. The van der Waals surface area contributed by atoms with Crippen molar-refractivity contribution < 1.29 is 19.4 Å². The highest BCUT2D eigenvalue weighted by Gasteiger charge is 2.47. The molecular formula is C5H8O4. The Hall–Kier alpha value is -0.610. The molecule has 0 aromatic heterocycles. The van der Waals surface area contributed by atoms with E-state index in [9.17, 15) is 4.79 Å². The summed E-state index contributed by atoms with van der Waals surface area (Å²) in [6.45, 7) is 3.01. The maximum absolute atomic E-state index is 10.2. The second kappa shape index (κ2) is 1.68. The predicted molar refractivity (Wildman–Crippen MR) is 27.7 cm³/mol. The van der Waals surface area contributed by atoms with Crippen LogP contribution in [0.15, 0.2) is 0 Å². The van der Waals surface area contributed by atoms with Crippen molar-refractivity contribution in [1.82, 2.24) is 0 Å². The molecule has 1 heterocycles. The first-order chi connectivity index (χ1) is 4.04. The van der Waals surface area contributed by atoms with Gasteiger partial charge in [-0.25, -0.2) is 4.79 Å². The van der Waals surface area contributed by atoms with Gasteiger partial charge in [-0.1, -0.05) is 0 Å². The lowest BCUT2D eigenvalue weighted by Gasteiger charge is -2.39. The van der Waals surface area contributed by atoms with E-state index in [1.54, 1.807) is 6.92 Å². The SMILES string of the molecule is CC1OC(C)(C(=O)O)O1. The highest BCUT2D eigenvalue weighted by atomic mass is 16.9. The van der Waals surface area contributed by atoms with Gasteiger partial charge in [0.2, 0.25) is 0 Å². The Balaban J connectivity index is 2.50. The van der Waals surface area contributed by atoms with Crippen LogP contribution in [0.4, 0.5) is 0 Å². The number of carboxylic acids is 1. The lowest BCUT2D eigenvalue weighted by atomic mass is 10.3. The highest BCUT2D eigenvalue weighted by molar-refractivity contribution is 5.75. The Morgan fingerprint density at radius 1 is 1.67 bits per heavy atom. The van der Waals surface area contributed by atoms with E-state index in [1.165, 1.54) is 6.92 Å². The number of hydrogen-bond donors (Lipinski definition) is 1. The van der Waals surface area contributed by atoms with Crippen LogP contribution in [0.3, 0.4) is 0 Å².